The molecule has 1 aliphatic heterocycles. The molecule has 144 valence electrons. The van der Waals surface area contributed by atoms with Crippen LogP contribution in [-0.4, -0.2) is 32.6 Å². The van der Waals surface area contributed by atoms with E-state index in [-0.39, 0.29) is 11.5 Å². The van der Waals surface area contributed by atoms with E-state index in [4.69, 9.17) is 0 Å². The summed E-state index contributed by atoms with van der Waals surface area (Å²) in [4.78, 5) is 41.3. The molecule has 1 amide bonds. The summed E-state index contributed by atoms with van der Waals surface area (Å²) in [5.41, 5.74) is 0.714. The third kappa shape index (κ3) is 4.18. The zero-order valence-electron chi connectivity index (χ0n) is 15.7. The second kappa shape index (κ2) is 7.90. The number of rotatable bonds is 5. The molecule has 3 rings (SSSR count). The molecular weight excluding hydrogens is 346 g/mol. The second-order valence-electron chi connectivity index (χ2n) is 7.52. The molecular formula is C20H25N3O4. The molecule has 1 aromatic heterocycles. The van der Waals surface area contributed by atoms with Crippen LogP contribution in [0.25, 0.3) is 10.9 Å². The van der Waals surface area contributed by atoms with E-state index in [1.165, 1.54) is 0 Å². The summed E-state index contributed by atoms with van der Waals surface area (Å²) in [5, 5.41) is 12.4. The Hall–Kier alpha value is -2.70. The van der Waals surface area contributed by atoms with Crippen molar-refractivity contribution in [3.05, 3.63) is 39.9 Å². The number of aliphatic carboxylic acids is 1. The Balaban J connectivity index is 1.93. The van der Waals surface area contributed by atoms with Crippen molar-refractivity contribution in [1.29, 1.82) is 0 Å². The fourth-order valence-electron chi connectivity index (χ4n) is 3.49. The average molecular weight is 371 g/mol. The number of aryl methyl sites for hydroxylation is 1. The second-order valence-corrected chi connectivity index (χ2v) is 7.52. The lowest BCUT2D eigenvalue weighted by Crippen LogP contribution is -2.41. The molecule has 1 aromatic carbocycles. The Kier molecular flexibility index (Phi) is 5.58. The van der Waals surface area contributed by atoms with Gasteiger partial charge in [0.05, 0.1) is 10.9 Å². The van der Waals surface area contributed by atoms with E-state index in [0.29, 0.717) is 29.4 Å². The van der Waals surface area contributed by atoms with Crippen LogP contribution in [0, 0.1) is 5.92 Å². The smallest absolute Gasteiger partial charge is 0.326 e. The van der Waals surface area contributed by atoms with Gasteiger partial charge in [-0.25, -0.2) is 9.78 Å². The predicted molar refractivity (Wildman–Crippen MR) is 102 cm³/mol. The zero-order chi connectivity index (χ0) is 19.6. The number of benzene rings is 1. The summed E-state index contributed by atoms with van der Waals surface area (Å²) in [6, 6.07) is 3.79. The van der Waals surface area contributed by atoms with Crippen LogP contribution in [0.4, 0.5) is 0 Å². The molecule has 0 bridgehead atoms. The molecule has 0 saturated heterocycles. The highest BCUT2D eigenvalue weighted by molar-refractivity contribution is 5.99. The van der Waals surface area contributed by atoms with E-state index < -0.39 is 17.9 Å². The summed E-state index contributed by atoms with van der Waals surface area (Å²) in [6.45, 7) is 4.48. The number of amides is 1. The van der Waals surface area contributed by atoms with Crippen LogP contribution in [-0.2, 0) is 17.8 Å². The molecule has 1 aliphatic rings. The first-order valence-electron chi connectivity index (χ1n) is 9.44. The van der Waals surface area contributed by atoms with Crippen molar-refractivity contribution >= 4 is 22.8 Å². The minimum atomic E-state index is -1.06. The number of fused-ring (bicyclic) bond motifs is 2. The van der Waals surface area contributed by atoms with Gasteiger partial charge in [0.1, 0.15) is 11.9 Å². The van der Waals surface area contributed by atoms with Gasteiger partial charge in [-0.15, -0.1) is 0 Å². The van der Waals surface area contributed by atoms with Crippen LogP contribution < -0.4 is 10.9 Å². The lowest BCUT2D eigenvalue weighted by atomic mass is 10.0. The average Bonchev–Trinajstić information content (AvgIpc) is 2.86. The van der Waals surface area contributed by atoms with Gasteiger partial charge in [-0.3, -0.25) is 14.2 Å². The molecule has 1 atom stereocenters. The van der Waals surface area contributed by atoms with Gasteiger partial charge < -0.3 is 10.4 Å². The number of hydrogen-bond donors (Lipinski definition) is 2. The monoisotopic (exact) mass is 371 g/mol. The number of nitrogens with one attached hydrogen (secondary N) is 1. The molecule has 27 heavy (non-hydrogen) atoms. The highest BCUT2D eigenvalue weighted by Crippen LogP contribution is 2.17. The number of aromatic nitrogens is 2. The van der Waals surface area contributed by atoms with E-state index in [0.717, 1.165) is 31.5 Å². The van der Waals surface area contributed by atoms with Gasteiger partial charge in [0.2, 0.25) is 0 Å². The van der Waals surface area contributed by atoms with Gasteiger partial charge in [-0.2, -0.15) is 0 Å². The van der Waals surface area contributed by atoms with Crippen molar-refractivity contribution < 1.29 is 14.7 Å². The number of carboxylic acid groups (broad SMARTS) is 1. The third-order valence-electron chi connectivity index (χ3n) is 4.89. The van der Waals surface area contributed by atoms with Crippen LogP contribution in [0.2, 0.25) is 0 Å². The largest absolute Gasteiger partial charge is 0.480 e. The summed E-state index contributed by atoms with van der Waals surface area (Å²) in [7, 11) is 0. The molecule has 0 saturated carbocycles. The quantitative estimate of drug-likeness (QED) is 0.840. The van der Waals surface area contributed by atoms with Gasteiger partial charge >= 0.3 is 5.97 Å². The summed E-state index contributed by atoms with van der Waals surface area (Å²) < 4.78 is 1.73. The van der Waals surface area contributed by atoms with Crippen LogP contribution >= 0.6 is 0 Å². The first-order valence-corrected chi connectivity index (χ1v) is 9.44. The topological polar surface area (TPSA) is 101 Å². The van der Waals surface area contributed by atoms with Crippen molar-refractivity contribution in [2.24, 2.45) is 5.92 Å². The Bertz CT molecular complexity index is 933. The lowest BCUT2D eigenvalue weighted by molar-refractivity contribution is -0.139. The Labute approximate surface area is 157 Å². The zero-order valence-corrected chi connectivity index (χ0v) is 15.7. The normalized spacial score (nSPS) is 15.2. The highest BCUT2D eigenvalue weighted by atomic mass is 16.4. The first kappa shape index (κ1) is 19.1. The van der Waals surface area contributed by atoms with Crippen LogP contribution in [0.1, 0.15) is 55.7 Å². The van der Waals surface area contributed by atoms with E-state index in [9.17, 15) is 19.5 Å². The van der Waals surface area contributed by atoms with Crippen molar-refractivity contribution in [3.63, 3.8) is 0 Å². The van der Waals surface area contributed by atoms with Crippen molar-refractivity contribution in [2.75, 3.05) is 0 Å². The highest BCUT2D eigenvalue weighted by Gasteiger charge is 2.22. The van der Waals surface area contributed by atoms with Gasteiger partial charge in [0.25, 0.3) is 11.5 Å². The standard InChI is InChI=1S/C20H25N3O4/c1-12(2)10-16(20(26)27)22-18(24)13-7-8-14-15(11-13)21-17-6-4-3-5-9-23(17)19(14)25/h7-8,11-12,16H,3-6,9-10H2,1-2H3,(H,22,24)(H,26,27). The Morgan fingerprint density at radius 2 is 2.04 bits per heavy atom. The lowest BCUT2D eigenvalue weighted by Gasteiger charge is -2.16. The van der Waals surface area contributed by atoms with E-state index in [1.54, 1.807) is 22.8 Å². The Morgan fingerprint density at radius 1 is 1.26 bits per heavy atom. The van der Waals surface area contributed by atoms with Gasteiger partial charge in [0.15, 0.2) is 0 Å². The fraction of sp³-hybridized carbons (Fsp3) is 0.500. The first-order chi connectivity index (χ1) is 12.9. The third-order valence-corrected chi connectivity index (χ3v) is 4.89. The van der Waals surface area contributed by atoms with Crippen LogP contribution in [0.15, 0.2) is 23.0 Å². The van der Waals surface area contributed by atoms with Gasteiger partial charge in [-0.05, 0) is 43.4 Å². The number of carbonyl (C=O) groups excluding carboxylic acids is 1. The summed E-state index contributed by atoms with van der Waals surface area (Å²) in [5.74, 6) is -0.632. The number of nitrogens with zero attached hydrogens (tertiary/aromatic N) is 2. The number of carbonyl (C=O) groups is 2. The van der Waals surface area contributed by atoms with Crippen molar-refractivity contribution in [1.82, 2.24) is 14.9 Å². The van der Waals surface area contributed by atoms with E-state index >= 15 is 0 Å². The van der Waals surface area contributed by atoms with Crippen LogP contribution in [0.5, 0.6) is 0 Å². The molecule has 0 radical (unpaired) electrons. The maximum atomic E-state index is 12.7. The number of carboxylic acids is 1. The summed E-state index contributed by atoms with van der Waals surface area (Å²) >= 11 is 0. The number of hydrogen-bond acceptors (Lipinski definition) is 4. The minimum absolute atomic E-state index is 0.0768. The molecule has 7 heteroatoms. The van der Waals surface area contributed by atoms with E-state index in [1.807, 2.05) is 13.8 Å². The molecule has 1 unspecified atom stereocenters. The SMILES string of the molecule is CC(C)CC(NC(=O)c1ccc2c(=O)n3c(nc2c1)CCCCC3)C(=O)O. The van der Waals surface area contributed by atoms with Gasteiger partial charge in [0, 0.05) is 18.5 Å². The molecule has 0 aliphatic carbocycles. The Morgan fingerprint density at radius 3 is 2.74 bits per heavy atom. The maximum absolute atomic E-state index is 12.7. The maximum Gasteiger partial charge on any atom is 0.326 e. The molecule has 2 aromatic rings. The molecule has 0 fully saturated rings. The summed E-state index contributed by atoms with van der Waals surface area (Å²) in [6.07, 6.45) is 4.12. The fourth-order valence-corrected chi connectivity index (χ4v) is 3.49. The predicted octanol–water partition coefficient (Wildman–Crippen LogP) is 2.35. The van der Waals surface area contributed by atoms with Gasteiger partial charge in [-0.1, -0.05) is 20.3 Å². The minimum Gasteiger partial charge on any atom is -0.480 e. The molecule has 7 nitrogen and oxygen atoms in total. The van der Waals surface area contributed by atoms with E-state index in [2.05, 4.69) is 10.3 Å². The molecule has 0 spiro atoms. The molecule has 2 heterocycles. The van der Waals surface area contributed by atoms with Crippen molar-refractivity contribution in [2.45, 2.75) is 58.5 Å². The van der Waals surface area contributed by atoms with Crippen molar-refractivity contribution in [3.8, 4) is 0 Å². The molecule has 2 N–H and O–H groups in total. The van der Waals surface area contributed by atoms with Crippen LogP contribution in [0.3, 0.4) is 0 Å².